The molecule has 12 nitrogen and oxygen atoms in total. The van der Waals surface area contributed by atoms with Gasteiger partial charge in [-0.2, -0.15) is 0 Å². The predicted molar refractivity (Wildman–Crippen MR) is 222 cm³/mol. The fourth-order valence-corrected chi connectivity index (χ4v) is 14.2. The number of amides is 3. The van der Waals surface area contributed by atoms with E-state index in [1.165, 1.54) is 52.0 Å². The first-order chi connectivity index (χ1) is 26.5. The van der Waals surface area contributed by atoms with Gasteiger partial charge in [-0.3, -0.25) is 18.9 Å². The number of hydrogen-bond donors (Lipinski definition) is 4. The van der Waals surface area contributed by atoms with Crippen molar-refractivity contribution in [1.82, 2.24) is 15.1 Å². The summed E-state index contributed by atoms with van der Waals surface area (Å²) in [6, 6.07) is 3.27. The zero-order valence-electron chi connectivity index (χ0n) is 35.9. The third-order valence-electron chi connectivity index (χ3n) is 11.2. The summed E-state index contributed by atoms with van der Waals surface area (Å²) in [5.74, 6) is -5.48. The van der Waals surface area contributed by atoms with Crippen LogP contribution in [0.2, 0.25) is 16.6 Å². The fourth-order valence-electron chi connectivity index (χ4n) is 8.12. The highest BCUT2D eigenvalue weighted by Gasteiger charge is 2.48. The van der Waals surface area contributed by atoms with E-state index in [1.54, 1.807) is 19.1 Å². The molecule has 57 heavy (non-hydrogen) atoms. The number of carbonyl (C=O) groups excluding carboxylic acids is 3. The van der Waals surface area contributed by atoms with Crippen LogP contribution in [-0.2, 0) is 25.0 Å². The van der Waals surface area contributed by atoms with Crippen LogP contribution in [-0.4, -0.2) is 108 Å². The number of alkyl halides is 2. The summed E-state index contributed by atoms with van der Waals surface area (Å²) in [6.45, 7) is 14.5. The number of ether oxygens (including phenoxy) is 1. The van der Waals surface area contributed by atoms with E-state index in [4.69, 9.17) is 18.9 Å². The number of rotatable bonds is 26. The number of unbranched alkanes of at least 4 members (excludes halogenated alkanes) is 9. The molecule has 3 amide bonds. The molecule has 1 aromatic rings. The number of aryl methyl sites for hydroxylation is 1. The monoisotopic (exact) mass is 847 g/mol. The number of nitrogens with zero attached hydrogens (tertiary/aromatic N) is 2. The first-order valence-corrected chi connectivity index (χ1v) is 24.9. The summed E-state index contributed by atoms with van der Waals surface area (Å²) in [4.78, 5) is 59.3. The first-order valence-electron chi connectivity index (χ1n) is 20.9. The number of hydrogen-bond acceptors (Lipinski definition) is 7. The van der Waals surface area contributed by atoms with Crippen molar-refractivity contribution >= 4 is 33.6 Å². The van der Waals surface area contributed by atoms with E-state index in [2.05, 4.69) is 53.8 Å². The average Bonchev–Trinajstić information content (AvgIpc) is 3.43. The molecule has 1 heterocycles. The number of likely N-dealkylation sites (N-methyl/N-ethyl adjacent to an activating group) is 1. The SMILES string of the molecule is CCCCCCCCCCCCc1ccc(C(=O)NC(C)[C@H](O)O[Si](C(C)C)(C(C)C)C(C)C)c(OC[C@@H]2CC(F)(F)CN2C(=O)CN(C)C(=O)CP(=O)(O)O)c1. The Morgan fingerprint density at radius 3 is 2.02 bits per heavy atom. The molecule has 0 radical (unpaired) electrons. The molecule has 0 saturated carbocycles. The quantitative estimate of drug-likeness (QED) is 0.0313. The molecule has 1 aliphatic heterocycles. The zero-order valence-corrected chi connectivity index (χ0v) is 37.8. The van der Waals surface area contributed by atoms with Crippen molar-refractivity contribution in [3.8, 4) is 5.75 Å². The Labute approximate surface area is 341 Å². The molecule has 0 bridgehead atoms. The number of benzene rings is 1. The van der Waals surface area contributed by atoms with Crippen molar-refractivity contribution in [2.45, 2.75) is 173 Å². The molecule has 1 unspecified atom stereocenters. The molecule has 16 heteroatoms. The van der Waals surface area contributed by atoms with E-state index in [0.717, 1.165) is 34.6 Å². The number of aliphatic hydroxyl groups is 1. The van der Waals surface area contributed by atoms with Gasteiger partial charge in [0.1, 0.15) is 18.5 Å². The number of carbonyl (C=O) groups is 3. The summed E-state index contributed by atoms with van der Waals surface area (Å²) >= 11 is 0. The lowest BCUT2D eigenvalue weighted by Crippen LogP contribution is -2.54. The molecular formula is C41H72F2N3O9PSi. The Bertz CT molecular complexity index is 1460. The highest BCUT2D eigenvalue weighted by molar-refractivity contribution is 7.52. The summed E-state index contributed by atoms with van der Waals surface area (Å²) in [5.41, 5.74) is 1.63. The lowest BCUT2D eigenvalue weighted by atomic mass is 10.0. The Morgan fingerprint density at radius 1 is 0.947 bits per heavy atom. The smallest absolute Gasteiger partial charge is 0.334 e. The molecule has 0 aromatic heterocycles. The van der Waals surface area contributed by atoms with E-state index in [0.29, 0.717) is 6.42 Å². The van der Waals surface area contributed by atoms with E-state index >= 15 is 0 Å². The molecule has 1 saturated heterocycles. The van der Waals surface area contributed by atoms with Gasteiger partial charge in [0, 0.05) is 13.5 Å². The van der Waals surface area contributed by atoms with Crippen LogP contribution >= 0.6 is 7.60 Å². The second kappa shape index (κ2) is 23.4. The molecule has 1 fully saturated rings. The molecule has 0 spiro atoms. The largest absolute Gasteiger partial charge is 0.491 e. The standard InChI is InChI=1S/C41H72F2N3O9PSi/c1-10-11-12-13-14-15-16-17-18-19-20-33-21-22-35(39(49)44-32(8)40(50)55-57(29(2)3,30(4)5)31(6)7)36(23-33)54-26-34-24-41(42,43)28-46(34)37(47)25-45(9)38(48)27-56(51,52)53/h21-23,29-32,34,40,50H,10-20,24-28H2,1-9H3,(H,44,49)(H2,51,52,53)/t32?,34-,40+/m0/s1. The number of halogens is 2. The van der Waals surface area contributed by atoms with Gasteiger partial charge >= 0.3 is 7.60 Å². The lowest BCUT2D eigenvalue weighted by molar-refractivity contribution is -0.139. The van der Waals surface area contributed by atoms with Crippen molar-refractivity contribution in [3.05, 3.63) is 29.3 Å². The van der Waals surface area contributed by atoms with Crippen LogP contribution in [0.3, 0.4) is 0 Å². The number of aliphatic hydroxyl groups excluding tert-OH is 1. The molecular weight excluding hydrogens is 776 g/mol. The van der Waals surface area contributed by atoms with Gasteiger partial charge in [0.25, 0.3) is 11.8 Å². The summed E-state index contributed by atoms with van der Waals surface area (Å²) in [7, 11) is -6.03. The third kappa shape index (κ3) is 16.3. The van der Waals surface area contributed by atoms with Crippen molar-refractivity contribution in [2.24, 2.45) is 0 Å². The van der Waals surface area contributed by atoms with Crippen LogP contribution in [0.1, 0.15) is 142 Å². The highest BCUT2D eigenvalue weighted by atomic mass is 31.2. The van der Waals surface area contributed by atoms with Crippen LogP contribution in [0, 0.1) is 0 Å². The van der Waals surface area contributed by atoms with Gasteiger partial charge in [-0.1, -0.05) is 112 Å². The van der Waals surface area contributed by atoms with Crippen LogP contribution in [0.15, 0.2) is 18.2 Å². The Morgan fingerprint density at radius 2 is 1.49 bits per heavy atom. The highest BCUT2D eigenvalue weighted by Crippen LogP contribution is 2.43. The van der Waals surface area contributed by atoms with Gasteiger partial charge in [0.2, 0.25) is 20.1 Å². The van der Waals surface area contributed by atoms with Gasteiger partial charge in [-0.15, -0.1) is 0 Å². The van der Waals surface area contributed by atoms with Gasteiger partial charge in [0.15, 0.2) is 6.29 Å². The maximum absolute atomic E-state index is 14.8. The van der Waals surface area contributed by atoms with Gasteiger partial charge < -0.3 is 39.2 Å². The zero-order chi connectivity index (χ0) is 43.1. The summed E-state index contributed by atoms with van der Waals surface area (Å²) in [5, 5.41) is 14.1. The molecule has 3 atom stereocenters. The minimum Gasteiger partial charge on any atom is -0.491 e. The Balaban J connectivity index is 2.26. The minimum atomic E-state index is -4.70. The van der Waals surface area contributed by atoms with Gasteiger partial charge in [0.05, 0.1) is 30.7 Å². The topological polar surface area (TPSA) is 166 Å². The van der Waals surface area contributed by atoms with Crippen LogP contribution in [0.25, 0.3) is 0 Å². The van der Waals surface area contributed by atoms with E-state index < -0.39 is 83.6 Å². The molecule has 2 rings (SSSR count). The maximum Gasteiger partial charge on any atom is 0.334 e. The first kappa shape index (κ1) is 50.7. The fraction of sp³-hybridized carbons (Fsp3) is 0.780. The van der Waals surface area contributed by atoms with E-state index in [1.807, 2.05) is 6.07 Å². The third-order valence-corrected chi connectivity index (χ3v) is 17.9. The van der Waals surface area contributed by atoms with Crippen molar-refractivity contribution in [3.63, 3.8) is 0 Å². The molecule has 1 aromatic carbocycles. The molecule has 4 N–H and O–H groups in total. The maximum atomic E-state index is 14.8. The van der Waals surface area contributed by atoms with E-state index in [-0.39, 0.29) is 34.5 Å². The number of likely N-dealkylation sites (tertiary alicyclic amines) is 1. The normalized spacial score (nSPS) is 17.0. The Kier molecular flexibility index (Phi) is 20.8. The van der Waals surface area contributed by atoms with Gasteiger partial charge in [-0.25, -0.2) is 8.78 Å². The molecule has 1 aliphatic rings. The van der Waals surface area contributed by atoms with Crippen LogP contribution in [0.4, 0.5) is 8.78 Å². The molecule has 328 valence electrons. The summed E-state index contributed by atoms with van der Waals surface area (Å²) in [6.07, 6.45) is 9.41. The number of nitrogens with one attached hydrogen (secondary N) is 1. The van der Waals surface area contributed by atoms with Crippen LogP contribution in [0.5, 0.6) is 5.75 Å². The minimum absolute atomic E-state index is 0.131. The predicted octanol–water partition coefficient (Wildman–Crippen LogP) is 8.03. The Hall–Kier alpha value is -2.42. The second-order valence-electron chi connectivity index (χ2n) is 17.0. The van der Waals surface area contributed by atoms with Crippen LogP contribution < -0.4 is 10.1 Å². The van der Waals surface area contributed by atoms with Crippen molar-refractivity contribution in [1.29, 1.82) is 0 Å². The average molecular weight is 848 g/mol. The van der Waals surface area contributed by atoms with E-state index in [9.17, 15) is 32.8 Å². The summed E-state index contributed by atoms with van der Waals surface area (Å²) < 4.78 is 53.5. The molecule has 0 aliphatic carbocycles. The van der Waals surface area contributed by atoms with Crippen molar-refractivity contribution < 1.29 is 51.8 Å². The van der Waals surface area contributed by atoms with Crippen molar-refractivity contribution in [2.75, 3.05) is 32.9 Å². The second-order valence-corrected chi connectivity index (χ2v) is 24.0. The lowest BCUT2D eigenvalue weighted by Gasteiger charge is -2.44. The van der Waals surface area contributed by atoms with Gasteiger partial charge in [-0.05, 0) is 54.1 Å².